The van der Waals surface area contributed by atoms with Crippen molar-refractivity contribution >= 4 is 33.8 Å². The zero-order valence-electron chi connectivity index (χ0n) is 12.3. The third-order valence-electron chi connectivity index (χ3n) is 3.62. The van der Waals surface area contributed by atoms with Crippen LogP contribution in [0.4, 0.5) is 9.93 Å². The van der Waals surface area contributed by atoms with E-state index in [1.165, 1.54) is 11.3 Å². The number of rotatable bonds is 4. The fourth-order valence-electron chi connectivity index (χ4n) is 2.57. The Balaban J connectivity index is 1.59. The normalized spacial score (nSPS) is 18.4. The monoisotopic (exact) mass is 338 g/mol. The largest absolute Gasteiger partial charge is 0.384 e. The van der Waals surface area contributed by atoms with E-state index in [4.69, 9.17) is 4.74 Å². The number of carbonyl (C=O) groups excluding carboxylic acids is 1. The van der Waals surface area contributed by atoms with Crippen molar-refractivity contribution in [1.29, 1.82) is 0 Å². The molecule has 1 unspecified atom stereocenters. The molecule has 118 valence electrons. The first-order valence-corrected chi connectivity index (χ1v) is 8.93. The standard InChI is InChI=1S/C14H18N4O2S2/c1-20-8-10-3-2-5-18(7-10)14(19)15-13-17-16-12(22-13)11-4-6-21-9-11/h4,6,9-10H,2-3,5,7-8H2,1H3,(H,15,17,19). The maximum atomic E-state index is 12.3. The van der Waals surface area contributed by atoms with Crippen LogP contribution in [0.25, 0.3) is 10.6 Å². The van der Waals surface area contributed by atoms with Gasteiger partial charge in [0.1, 0.15) is 5.01 Å². The number of anilines is 1. The van der Waals surface area contributed by atoms with E-state index in [1.54, 1.807) is 18.4 Å². The molecule has 0 bridgehead atoms. The van der Waals surface area contributed by atoms with Gasteiger partial charge in [-0.3, -0.25) is 5.32 Å². The van der Waals surface area contributed by atoms with Crippen LogP contribution in [-0.4, -0.2) is 47.9 Å². The maximum absolute atomic E-state index is 12.3. The van der Waals surface area contributed by atoms with Crippen LogP contribution in [0.5, 0.6) is 0 Å². The van der Waals surface area contributed by atoms with Gasteiger partial charge in [0.25, 0.3) is 0 Å². The van der Waals surface area contributed by atoms with Gasteiger partial charge in [-0.15, -0.1) is 10.2 Å². The van der Waals surface area contributed by atoms with Gasteiger partial charge < -0.3 is 9.64 Å². The van der Waals surface area contributed by atoms with Crippen LogP contribution in [0, 0.1) is 5.92 Å². The Morgan fingerprint density at radius 2 is 2.45 bits per heavy atom. The topological polar surface area (TPSA) is 67.3 Å². The van der Waals surface area contributed by atoms with Crippen molar-refractivity contribution in [3.63, 3.8) is 0 Å². The molecule has 2 amide bonds. The number of urea groups is 1. The average Bonchev–Trinajstić information content (AvgIpc) is 3.18. The number of ether oxygens (including phenoxy) is 1. The molecule has 1 N–H and O–H groups in total. The zero-order chi connectivity index (χ0) is 15.4. The quantitative estimate of drug-likeness (QED) is 0.930. The Hall–Kier alpha value is -1.51. The van der Waals surface area contributed by atoms with E-state index < -0.39 is 0 Å². The molecule has 0 radical (unpaired) electrons. The molecular weight excluding hydrogens is 320 g/mol. The van der Waals surface area contributed by atoms with Crippen LogP contribution >= 0.6 is 22.7 Å². The van der Waals surface area contributed by atoms with E-state index in [0.29, 0.717) is 17.7 Å². The van der Waals surface area contributed by atoms with Gasteiger partial charge >= 0.3 is 6.03 Å². The Labute approximate surface area is 137 Å². The second-order valence-corrected chi connectivity index (χ2v) is 7.02. The number of piperidine rings is 1. The summed E-state index contributed by atoms with van der Waals surface area (Å²) in [5, 5.41) is 16.4. The highest BCUT2D eigenvalue weighted by Gasteiger charge is 2.24. The van der Waals surface area contributed by atoms with Gasteiger partial charge in [0, 0.05) is 37.1 Å². The highest BCUT2D eigenvalue weighted by Crippen LogP contribution is 2.28. The van der Waals surface area contributed by atoms with Crippen molar-refractivity contribution in [2.75, 3.05) is 32.1 Å². The summed E-state index contributed by atoms with van der Waals surface area (Å²) >= 11 is 3.01. The molecule has 3 heterocycles. The minimum Gasteiger partial charge on any atom is -0.384 e. The van der Waals surface area contributed by atoms with Crippen molar-refractivity contribution < 1.29 is 9.53 Å². The predicted molar refractivity (Wildman–Crippen MR) is 88.4 cm³/mol. The maximum Gasteiger partial charge on any atom is 0.323 e. The molecule has 1 aliphatic rings. The van der Waals surface area contributed by atoms with Gasteiger partial charge in [-0.2, -0.15) is 11.3 Å². The van der Waals surface area contributed by atoms with Crippen molar-refractivity contribution in [1.82, 2.24) is 15.1 Å². The van der Waals surface area contributed by atoms with E-state index in [1.807, 2.05) is 21.7 Å². The van der Waals surface area contributed by atoms with Crippen LogP contribution in [-0.2, 0) is 4.74 Å². The lowest BCUT2D eigenvalue weighted by molar-refractivity contribution is 0.104. The first-order chi connectivity index (χ1) is 10.8. The number of nitrogens with one attached hydrogen (secondary N) is 1. The molecule has 8 heteroatoms. The molecule has 1 fully saturated rings. The first-order valence-electron chi connectivity index (χ1n) is 7.17. The van der Waals surface area contributed by atoms with Crippen molar-refractivity contribution in [3.05, 3.63) is 16.8 Å². The Bertz CT molecular complexity index is 612. The van der Waals surface area contributed by atoms with E-state index in [0.717, 1.165) is 36.5 Å². The van der Waals surface area contributed by atoms with Crippen molar-refractivity contribution in [2.24, 2.45) is 5.92 Å². The third-order valence-corrected chi connectivity index (χ3v) is 5.19. The third kappa shape index (κ3) is 3.63. The number of amides is 2. The second-order valence-electron chi connectivity index (χ2n) is 5.26. The van der Waals surface area contributed by atoms with Crippen molar-refractivity contribution in [3.8, 4) is 10.6 Å². The van der Waals surface area contributed by atoms with Crippen LogP contribution in [0.1, 0.15) is 12.8 Å². The highest BCUT2D eigenvalue weighted by atomic mass is 32.1. The molecule has 0 spiro atoms. The number of aromatic nitrogens is 2. The van der Waals surface area contributed by atoms with Crippen LogP contribution in [0.3, 0.4) is 0 Å². The van der Waals surface area contributed by atoms with Gasteiger partial charge in [0.15, 0.2) is 0 Å². The summed E-state index contributed by atoms with van der Waals surface area (Å²) in [6.45, 7) is 2.21. The molecular formula is C14H18N4O2S2. The fraction of sp³-hybridized carbons (Fsp3) is 0.500. The molecule has 0 saturated carbocycles. The summed E-state index contributed by atoms with van der Waals surface area (Å²) < 4.78 is 5.19. The number of nitrogens with zero attached hydrogens (tertiary/aromatic N) is 3. The molecule has 2 aromatic rings. The minimum atomic E-state index is -0.103. The Kier molecular flexibility index (Phi) is 5.01. The molecule has 1 saturated heterocycles. The number of methoxy groups -OCH3 is 1. The summed E-state index contributed by atoms with van der Waals surface area (Å²) in [6, 6.07) is 1.89. The lowest BCUT2D eigenvalue weighted by atomic mass is 9.99. The van der Waals surface area contributed by atoms with Crippen LogP contribution in [0.2, 0.25) is 0 Å². The van der Waals surface area contributed by atoms with Gasteiger partial charge in [0.05, 0.1) is 6.61 Å². The lowest BCUT2D eigenvalue weighted by Gasteiger charge is -2.32. The van der Waals surface area contributed by atoms with E-state index in [2.05, 4.69) is 15.5 Å². The number of carbonyl (C=O) groups is 1. The molecule has 22 heavy (non-hydrogen) atoms. The first kappa shape index (κ1) is 15.4. The number of thiophene rings is 1. The van der Waals surface area contributed by atoms with Crippen LogP contribution < -0.4 is 5.32 Å². The molecule has 0 aliphatic carbocycles. The minimum absolute atomic E-state index is 0.103. The molecule has 0 aromatic carbocycles. The fourth-order valence-corrected chi connectivity index (χ4v) is 4.01. The van der Waals surface area contributed by atoms with Gasteiger partial charge in [-0.25, -0.2) is 4.79 Å². The highest BCUT2D eigenvalue weighted by molar-refractivity contribution is 7.19. The Morgan fingerprint density at radius 3 is 3.23 bits per heavy atom. The molecule has 1 aliphatic heterocycles. The molecule has 1 atom stereocenters. The van der Waals surface area contributed by atoms with Gasteiger partial charge in [0.2, 0.25) is 5.13 Å². The number of likely N-dealkylation sites (tertiary alicyclic amines) is 1. The van der Waals surface area contributed by atoms with E-state index >= 15 is 0 Å². The predicted octanol–water partition coefficient (Wildman–Crippen LogP) is 3.16. The number of hydrogen-bond donors (Lipinski definition) is 1. The molecule has 6 nitrogen and oxygen atoms in total. The van der Waals surface area contributed by atoms with Gasteiger partial charge in [-0.05, 0) is 24.3 Å². The molecule has 3 rings (SSSR count). The summed E-state index contributed by atoms with van der Waals surface area (Å²) in [5.74, 6) is 0.417. The SMILES string of the molecule is COCC1CCCN(C(=O)Nc2nnc(-c3ccsc3)s2)C1. The summed E-state index contributed by atoms with van der Waals surface area (Å²) in [6.07, 6.45) is 2.12. The number of hydrogen-bond acceptors (Lipinski definition) is 6. The average molecular weight is 338 g/mol. The second kappa shape index (κ2) is 7.17. The smallest absolute Gasteiger partial charge is 0.323 e. The van der Waals surface area contributed by atoms with Crippen LogP contribution in [0.15, 0.2) is 16.8 Å². The van der Waals surface area contributed by atoms with Crippen molar-refractivity contribution in [2.45, 2.75) is 12.8 Å². The zero-order valence-corrected chi connectivity index (χ0v) is 14.0. The summed E-state index contributed by atoms with van der Waals surface area (Å²) in [4.78, 5) is 14.2. The van der Waals surface area contributed by atoms with E-state index in [-0.39, 0.29) is 6.03 Å². The van der Waals surface area contributed by atoms with Gasteiger partial charge in [-0.1, -0.05) is 11.3 Å². The molecule has 2 aromatic heterocycles. The summed E-state index contributed by atoms with van der Waals surface area (Å²) in [7, 11) is 1.70. The Morgan fingerprint density at radius 1 is 1.55 bits per heavy atom. The lowest BCUT2D eigenvalue weighted by Crippen LogP contribution is -2.43. The van der Waals surface area contributed by atoms with E-state index in [9.17, 15) is 4.79 Å². The summed E-state index contributed by atoms with van der Waals surface area (Å²) in [5.41, 5.74) is 1.04.